The van der Waals surface area contributed by atoms with Crippen LogP contribution in [0.3, 0.4) is 0 Å². The highest BCUT2D eigenvalue weighted by atomic mass is 19.4. The minimum Gasteiger partial charge on any atom is -0.434 e. The molecule has 0 aromatic rings. The normalized spacial score (nSPS) is 16.9. The number of halogens is 29. The Kier molecular flexibility index (Phi) is 10.9. The van der Waals surface area contributed by atoms with Gasteiger partial charge < -0.3 is 4.74 Å². The molecule has 0 aromatic heterocycles. The van der Waals surface area contributed by atoms with E-state index in [0.717, 1.165) is 0 Å². The van der Waals surface area contributed by atoms with E-state index in [1.807, 2.05) is 0 Å². The zero-order valence-electron chi connectivity index (χ0n) is 22.8. The van der Waals surface area contributed by atoms with E-state index >= 15 is 0 Å². The summed E-state index contributed by atoms with van der Waals surface area (Å²) in [5, 5.41) is 0. The lowest BCUT2D eigenvalue weighted by molar-refractivity contribution is -0.478. The van der Waals surface area contributed by atoms with Gasteiger partial charge in [-0.3, -0.25) is 0 Å². The van der Waals surface area contributed by atoms with E-state index in [1.54, 1.807) is 0 Å². The van der Waals surface area contributed by atoms with Crippen LogP contribution in [0.1, 0.15) is 20.8 Å². The maximum absolute atomic E-state index is 14.1. The zero-order chi connectivity index (χ0) is 41.8. The third kappa shape index (κ3) is 5.70. The Morgan fingerprint density at radius 2 is 0.520 bits per heavy atom. The summed E-state index contributed by atoms with van der Waals surface area (Å²) < 4.78 is 392. The Morgan fingerprint density at radius 3 is 0.700 bits per heavy atom. The summed E-state index contributed by atoms with van der Waals surface area (Å²) in [6, 6.07) is 0. The molecule has 0 N–H and O–H groups in total. The highest BCUT2D eigenvalue weighted by molar-refractivity contribution is 5.80. The number of esters is 1. The molecular weight excluding hydrogens is 811 g/mol. The van der Waals surface area contributed by atoms with Crippen molar-refractivity contribution >= 4 is 5.97 Å². The molecule has 0 aromatic carbocycles. The molecule has 50 heavy (non-hydrogen) atoms. The van der Waals surface area contributed by atoms with E-state index in [2.05, 4.69) is 4.74 Å². The Balaban J connectivity index is 7.59. The number of carbonyl (C=O) groups is 1. The first kappa shape index (κ1) is 47.4. The zero-order valence-corrected chi connectivity index (χ0v) is 22.8. The second-order valence-corrected chi connectivity index (χ2v) is 10.6. The standard InChI is InChI=1S/C19H9F29O2/c1-5(2,3)7(17(40,41)42,18(43,44)45)50-4(49)6(20,21)8(22,23)9(24,25)10(26,27)11(28,29)12(30,31)13(32,33)14(34,35)15(36,37)16(38,39)19(46,47)48/h1-3H3. The average molecular weight is 820 g/mol. The summed E-state index contributed by atoms with van der Waals surface area (Å²) in [4.78, 5) is 11.4. The summed E-state index contributed by atoms with van der Waals surface area (Å²) in [6.07, 6.45) is -23.0. The van der Waals surface area contributed by atoms with Crippen LogP contribution in [0.2, 0.25) is 0 Å². The molecule has 0 heterocycles. The minimum absolute atomic E-state index is 0.382. The number of rotatable bonds is 11. The molecule has 0 aliphatic carbocycles. The van der Waals surface area contributed by atoms with E-state index < -0.39 is 94.7 Å². The fourth-order valence-electron chi connectivity index (χ4n) is 3.37. The van der Waals surface area contributed by atoms with E-state index in [0.29, 0.717) is 0 Å². The van der Waals surface area contributed by atoms with Gasteiger partial charge in [-0.2, -0.15) is 127 Å². The summed E-state index contributed by atoms with van der Waals surface area (Å²) in [5.74, 6) is -99.6. The highest BCUT2D eigenvalue weighted by Crippen LogP contribution is 2.67. The number of alkyl halides is 29. The Hall–Kier alpha value is -2.56. The third-order valence-corrected chi connectivity index (χ3v) is 6.26. The molecule has 0 atom stereocenters. The van der Waals surface area contributed by atoms with Crippen LogP contribution in [-0.2, 0) is 9.53 Å². The first-order valence-electron chi connectivity index (χ1n) is 11.1. The summed E-state index contributed by atoms with van der Waals surface area (Å²) in [7, 11) is 0. The van der Waals surface area contributed by atoms with Crippen molar-refractivity contribution in [3.63, 3.8) is 0 Å². The molecule has 0 radical (unpaired) electrons. The van der Waals surface area contributed by atoms with Crippen molar-refractivity contribution in [2.45, 2.75) is 104 Å². The molecule has 0 rings (SSSR count). The Labute approximate surface area is 253 Å². The van der Waals surface area contributed by atoms with Crippen LogP contribution in [0.4, 0.5) is 127 Å². The Bertz CT molecular complexity index is 1220. The van der Waals surface area contributed by atoms with Crippen LogP contribution >= 0.6 is 0 Å². The van der Waals surface area contributed by atoms with Gasteiger partial charge in [-0.1, -0.05) is 20.8 Å². The lowest BCUT2D eigenvalue weighted by Gasteiger charge is -2.46. The summed E-state index contributed by atoms with van der Waals surface area (Å²) in [6.45, 7) is -1.15. The van der Waals surface area contributed by atoms with E-state index in [1.165, 1.54) is 0 Å². The molecular formula is C19H9F29O2. The van der Waals surface area contributed by atoms with Crippen molar-refractivity contribution in [2.75, 3.05) is 0 Å². The molecule has 0 amide bonds. The van der Waals surface area contributed by atoms with Crippen molar-refractivity contribution in [3.8, 4) is 0 Å². The molecule has 0 aliphatic heterocycles. The van der Waals surface area contributed by atoms with Gasteiger partial charge in [0.15, 0.2) is 0 Å². The second kappa shape index (κ2) is 11.5. The van der Waals surface area contributed by atoms with E-state index in [-0.39, 0.29) is 20.8 Å². The van der Waals surface area contributed by atoms with Crippen LogP contribution in [0.5, 0.6) is 0 Å². The maximum atomic E-state index is 14.1. The van der Waals surface area contributed by atoms with Gasteiger partial charge in [-0.05, 0) is 0 Å². The second-order valence-electron chi connectivity index (χ2n) is 10.6. The van der Waals surface area contributed by atoms with Gasteiger partial charge in [0.25, 0.3) is 0 Å². The number of hydrogen-bond acceptors (Lipinski definition) is 2. The summed E-state index contributed by atoms with van der Waals surface area (Å²) in [5.41, 5.74) is -10.6. The fraction of sp³-hybridized carbons (Fsp3) is 0.947. The highest BCUT2D eigenvalue weighted by Gasteiger charge is 2.99. The van der Waals surface area contributed by atoms with Crippen LogP contribution < -0.4 is 0 Å². The molecule has 0 fully saturated rings. The van der Waals surface area contributed by atoms with Gasteiger partial charge in [0.2, 0.25) is 0 Å². The number of carbonyl (C=O) groups excluding carboxylic acids is 1. The van der Waals surface area contributed by atoms with Crippen molar-refractivity contribution in [3.05, 3.63) is 0 Å². The molecule has 0 aliphatic rings. The quantitative estimate of drug-likeness (QED) is 0.153. The molecule has 0 unspecified atom stereocenters. The largest absolute Gasteiger partial charge is 0.460 e. The van der Waals surface area contributed by atoms with Gasteiger partial charge in [0.1, 0.15) is 0 Å². The Morgan fingerprint density at radius 1 is 0.320 bits per heavy atom. The van der Waals surface area contributed by atoms with E-state index in [9.17, 15) is 132 Å². The summed E-state index contributed by atoms with van der Waals surface area (Å²) >= 11 is 0. The van der Waals surface area contributed by atoms with Crippen molar-refractivity contribution in [1.82, 2.24) is 0 Å². The van der Waals surface area contributed by atoms with Gasteiger partial charge in [-0.25, -0.2) is 4.79 Å². The van der Waals surface area contributed by atoms with E-state index in [4.69, 9.17) is 0 Å². The van der Waals surface area contributed by atoms with Crippen molar-refractivity contribution in [1.29, 1.82) is 0 Å². The maximum Gasteiger partial charge on any atom is 0.460 e. The molecule has 300 valence electrons. The fourth-order valence-corrected chi connectivity index (χ4v) is 3.37. The first-order chi connectivity index (χ1) is 20.9. The lowest BCUT2D eigenvalue weighted by Crippen LogP contribution is -2.78. The smallest absolute Gasteiger partial charge is 0.434 e. The van der Waals surface area contributed by atoms with Crippen LogP contribution in [0.15, 0.2) is 0 Å². The molecule has 0 saturated heterocycles. The molecule has 0 saturated carbocycles. The van der Waals surface area contributed by atoms with Crippen LogP contribution in [-0.4, -0.2) is 89.3 Å². The molecule has 2 nitrogen and oxygen atoms in total. The SMILES string of the molecule is CC(C)(C)C(OC(=O)C(F)(F)C(F)(F)C(F)(F)C(F)(F)C(F)(F)C(F)(F)C(F)(F)C(F)(F)C(F)(F)C(F)(F)C(F)(F)F)(C(F)(F)F)C(F)(F)F. The molecule has 0 spiro atoms. The van der Waals surface area contributed by atoms with Crippen LogP contribution in [0, 0.1) is 5.41 Å². The third-order valence-electron chi connectivity index (χ3n) is 6.26. The van der Waals surface area contributed by atoms with Gasteiger partial charge in [0, 0.05) is 5.41 Å². The van der Waals surface area contributed by atoms with Gasteiger partial charge in [-0.15, -0.1) is 0 Å². The monoisotopic (exact) mass is 820 g/mol. The van der Waals surface area contributed by atoms with Gasteiger partial charge in [0.05, 0.1) is 0 Å². The topological polar surface area (TPSA) is 26.3 Å². The predicted molar refractivity (Wildman–Crippen MR) is 95.9 cm³/mol. The number of ether oxygens (including phenoxy) is 1. The van der Waals surface area contributed by atoms with Gasteiger partial charge >= 0.3 is 89.3 Å². The van der Waals surface area contributed by atoms with Crippen molar-refractivity contribution < 1.29 is 137 Å². The molecule has 0 bridgehead atoms. The van der Waals surface area contributed by atoms with Crippen LogP contribution in [0.25, 0.3) is 0 Å². The minimum atomic E-state index is -9.84. The predicted octanol–water partition coefficient (Wildman–Crippen LogP) is 10.4. The lowest BCUT2D eigenvalue weighted by atomic mass is 9.74. The number of hydrogen-bond donors (Lipinski definition) is 0. The molecule has 31 heteroatoms. The van der Waals surface area contributed by atoms with Crippen molar-refractivity contribution in [2.24, 2.45) is 5.41 Å². The first-order valence-corrected chi connectivity index (χ1v) is 11.1. The average Bonchev–Trinajstić information content (AvgIpc) is 2.82.